The molecule has 0 radical (unpaired) electrons. The van der Waals surface area contributed by atoms with Crippen LogP contribution in [0.2, 0.25) is 0 Å². The molecule has 1 amide bonds. The predicted molar refractivity (Wildman–Crippen MR) is 70.8 cm³/mol. The van der Waals surface area contributed by atoms with Crippen LogP contribution in [0, 0.1) is 0 Å². The van der Waals surface area contributed by atoms with Crippen LogP contribution in [0.3, 0.4) is 0 Å². The summed E-state index contributed by atoms with van der Waals surface area (Å²) in [4.78, 5) is 25.7. The normalized spacial score (nSPS) is 10.1. The van der Waals surface area contributed by atoms with Crippen LogP contribution in [-0.2, 0) is 6.42 Å². The molecule has 0 atom stereocenters. The van der Waals surface area contributed by atoms with Crippen LogP contribution in [0.1, 0.15) is 23.0 Å². The second-order valence-corrected chi connectivity index (χ2v) is 3.94. The van der Waals surface area contributed by atoms with E-state index in [0.717, 1.165) is 6.42 Å². The fraction of sp³-hybridized carbons (Fsp3) is 0.143. The first kappa shape index (κ1) is 12.1. The van der Waals surface area contributed by atoms with Gasteiger partial charge in [0.05, 0.1) is 0 Å². The van der Waals surface area contributed by atoms with Gasteiger partial charge >= 0.3 is 0 Å². The smallest absolute Gasteiger partial charge is 0.272 e. The van der Waals surface area contributed by atoms with Gasteiger partial charge in [0, 0.05) is 24.0 Å². The Morgan fingerprint density at radius 3 is 2.56 bits per heavy atom. The minimum Gasteiger partial charge on any atom is -0.357 e. The van der Waals surface area contributed by atoms with E-state index in [0.29, 0.717) is 5.69 Å². The Morgan fingerprint density at radius 1 is 1.22 bits per heavy atom. The third-order valence-electron chi connectivity index (χ3n) is 2.64. The van der Waals surface area contributed by atoms with E-state index in [9.17, 15) is 9.59 Å². The van der Waals surface area contributed by atoms with Crippen LogP contribution in [0.25, 0.3) is 0 Å². The zero-order chi connectivity index (χ0) is 13.0. The van der Waals surface area contributed by atoms with Gasteiger partial charge in [-0.3, -0.25) is 9.59 Å². The molecule has 18 heavy (non-hydrogen) atoms. The van der Waals surface area contributed by atoms with Crippen molar-refractivity contribution in [2.75, 3.05) is 5.32 Å². The van der Waals surface area contributed by atoms with E-state index in [1.54, 1.807) is 0 Å². The third-order valence-corrected chi connectivity index (χ3v) is 2.64. The fourth-order valence-corrected chi connectivity index (χ4v) is 1.60. The highest BCUT2D eigenvalue weighted by Gasteiger charge is 2.06. The third kappa shape index (κ3) is 2.85. The molecule has 1 aromatic carbocycles. The van der Waals surface area contributed by atoms with E-state index in [2.05, 4.69) is 17.2 Å². The highest BCUT2D eigenvalue weighted by Crippen LogP contribution is 2.10. The summed E-state index contributed by atoms with van der Waals surface area (Å²) >= 11 is 0. The summed E-state index contributed by atoms with van der Waals surface area (Å²) in [6.45, 7) is 2.07. The molecule has 0 spiro atoms. The summed E-state index contributed by atoms with van der Waals surface area (Å²) in [7, 11) is 0. The Labute approximate surface area is 105 Å². The number of benzene rings is 1. The molecule has 0 aliphatic heterocycles. The van der Waals surface area contributed by atoms with Crippen molar-refractivity contribution in [3.63, 3.8) is 0 Å². The molecule has 1 heterocycles. The van der Waals surface area contributed by atoms with E-state index in [-0.39, 0.29) is 17.0 Å². The van der Waals surface area contributed by atoms with Crippen molar-refractivity contribution in [1.29, 1.82) is 0 Å². The van der Waals surface area contributed by atoms with Gasteiger partial charge < -0.3 is 10.3 Å². The summed E-state index contributed by atoms with van der Waals surface area (Å²) in [5, 5.41) is 2.73. The molecule has 2 N–H and O–H groups in total. The zero-order valence-electron chi connectivity index (χ0n) is 10.1. The topological polar surface area (TPSA) is 62.0 Å². The Balaban J connectivity index is 2.13. The van der Waals surface area contributed by atoms with Crippen molar-refractivity contribution in [1.82, 2.24) is 4.98 Å². The first-order valence-corrected chi connectivity index (χ1v) is 5.78. The number of nitrogens with one attached hydrogen (secondary N) is 2. The van der Waals surface area contributed by atoms with Gasteiger partial charge in [0.1, 0.15) is 5.69 Å². The fourth-order valence-electron chi connectivity index (χ4n) is 1.60. The molecule has 0 unspecified atom stereocenters. The molecule has 0 fully saturated rings. The highest BCUT2D eigenvalue weighted by atomic mass is 16.2. The van der Waals surface area contributed by atoms with Gasteiger partial charge in [-0.25, -0.2) is 0 Å². The number of carbonyl (C=O) groups is 1. The summed E-state index contributed by atoms with van der Waals surface area (Å²) in [6, 6.07) is 10.3. The minimum absolute atomic E-state index is 0.194. The second-order valence-electron chi connectivity index (χ2n) is 3.94. The number of aromatic nitrogens is 1. The van der Waals surface area contributed by atoms with Crippen LogP contribution in [0.4, 0.5) is 5.69 Å². The van der Waals surface area contributed by atoms with E-state index in [4.69, 9.17) is 0 Å². The van der Waals surface area contributed by atoms with Gasteiger partial charge in [-0.05, 0) is 24.1 Å². The number of carbonyl (C=O) groups excluding carboxylic acids is 1. The quantitative estimate of drug-likeness (QED) is 0.866. The summed E-state index contributed by atoms with van der Waals surface area (Å²) in [5.74, 6) is -0.322. The van der Waals surface area contributed by atoms with Crippen molar-refractivity contribution in [3.05, 3.63) is 64.1 Å². The molecule has 4 heteroatoms. The van der Waals surface area contributed by atoms with Gasteiger partial charge in [0.15, 0.2) is 5.43 Å². The standard InChI is InChI=1S/C14H14N2O2/c1-2-10-3-5-11(6-4-10)16-14(18)13-9-12(17)7-8-15-13/h3-9H,2H2,1H3,(H,15,17)(H,16,18). The highest BCUT2D eigenvalue weighted by molar-refractivity contribution is 6.02. The maximum absolute atomic E-state index is 11.8. The lowest BCUT2D eigenvalue weighted by Gasteiger charge is -2.05. The van der Waals surface area contributed by atoms with Crippen LogP contribution >= 0.6 is 0 Å². The molecule has 0 saturated carbocycles. The average molecular weight is 242 g/mol. The van der Waals surface area contributed by atoms with Crippen molar-refractivity contribution >= 4 is 11.6 Å². The van der Waals surface area contributed by atoms with E-state index >= 15 is 0 Å². The summed E-state index contributed by atoms with van der Waals surface area (Å²) in [5.41, 5.74) is 1.98. The molecule has 1 aromatic heterocycles. The lowest BCUT2D eigenvalue weighted by molar-refractivity contribution is 0.102. The van der Waals surface area contributed by atoms with Crippen LogP contribution in [-0.4, -0.2) is 10.9 Å². The number of hydrogen-bond donors (Lipinski definition) is 2. The molecule has 0 aliphatic rings. The Hall–Kier alpha value is -2.36. The maximum Gasteiger partial charge on any atom is 0.272 e. The monoisotopic (exact) mass is 242 g/mol. The van der Waals surface area contributed by atoms with E-state index < -0.39 is 0 Å². The molecular weight excluding hydrogens is 228 g/mol. The van der Waals surface area contributed by atoms with Gasteiger partial charge in [0.25, 0.3) is 5.91 Å². The Bertz CT molecular complexity index is 600. The molecule has 0 bridgehead atoms. The molecule has 2 aromatic rings. The molecule has 2 rings (SSSR count). The number of H-pyrrole nitrogens is 1. The van der Waals surface area contributed by atoms with Crippen molar-refractivity contribution in [3.8, 4) is 0 Å². The number of hydrogen-bond acceptors (Lipinski definition) is 2. The first-order chi connectivity index (χ1) is 8.69. The average Bonchev–Trinajstić information content (AvgIpc) is 2.39. The zero-order valence-corrected chi connectivity index (χ0v) is 10.1. The van der Waals surface area contributed by atoms with Crippen molar-refractivity contribution in [2.45, 2.75) is 13.3 Å². The van der Waals surface area contributed by atoms with Gasteiger partial charge in [-0.2, -0.15) is 0 Å². The van der Waals surface area contributed by atoms with Crippen LogP contribution < -0.4 is 10.7 Å². The number of rotatable bonds is 3. The molecule has 4 nitrogen and oxygen atoms in total. The van der Waals surface area contributed by atoms with Gasteiger partial charge in [-0.15, -0.1) is 0 Å². The number of aromatic amines is 1. The first-order valence-electron chi connectivity index (χ1n) is 5.78. The lowest BCUT2D eigenvalue weighted by Crippen LogP contribution is -2.16. The van der Waals surface area contributed by atoms with E-state index in [1.165, 1.54) is 23.9 Å². The summed E-state index contributed by atoms with van der Waals surface area (Å²) < 4.78 is 0. The van der Waals surface area contributed by atoms with Crippen LogP contribution in [0.5, 0.6) is 0 Å². The minimum atomic E-state index is -0.322. The van der Waals surface area contributed by atoms with Gasteiger partial charge in [0.2, 0.25) is 0 Å². The lowest BCUT2D eigenvalue weighted by atomic mass is 10.1. The number of pyridine rings is 1. The molecule has 92 valence electrons. The van der Waals surface area contributed by atoms with E-state index in [1.807, 2.05) is 24.3 Å². The predicted octanol–water partition coefficient (Wildman–Crippen LogP) is 2.19. The second kappa shape index (κ2) is 5.31. The number of aryl methyl sites for hydroxylation is 1. The molecular formula is C14H14N2O2. The molecule has 0 aliphatic carbocycles. The van der Waals surface area contributed by atoms with Crippen molar-refractivity contribution in [2.24, 2.45) is 0 Å². The Kier molecular flexibility index (Phi) is 3.57. The maximum atomic E-state index is 11.8. The molecule has 0 saturated heterocycles. The number of amides is 1. The Morgan fingerprint density at radius 2 is 1.94 bits per heavy atom. The largest absolute Gasteiger partial charge is 0.357 e. The number of anilines is 1. The SMILES string of the molecule is CCc1ccc(NC(=O)c2cc(=O)cc[nH]2)cc1. The van der Waals surface area contributed by atoms with Gasteiger partial charge in [-0.1, -0.05) is 19.1 Å². The van der Waals surface area contributed by atoms with Crippen molar-refractivity contribution < 1.29 is 4.79 Å². The van der Waals surface area contributed by atoms with Crippen LogP contribution in [0.15, 0.2) is 47.4 Å². The summed E-state index contributed by atoms with van der Waals surface area (Å²) in [6.07, 6.45) is 2.41.